The molecule has 0 atom stereocenters. The fourth-order valence-electron chi connectivity index (χ4n) is 1.15. The largest absolute Gasteiger partial charge is 0.508 e. The summed E-state index contributed by atoms with van der Waals surface area (Å²) >= 11 is 0. The highest BCUT2D eigenvalue weighted by atomic mass is 16.5. The molecule has 0 aliphatic rings. The van der Waals surface area contributed by atoms with E-state index in [4.69, 9.17) is 10.2 Å². The standard InChI is InChI=1S/C12H12O5/c1-2-17-12(16)10(11(14)15)7-8-3-5-9(13)6-4-8/h3-7,13H,2H2,1H3,(H,14,15). The van der Waals surface area contributed by atoms with E-state index in [-0.39, 0.29) is 12.4 Å². The minimum atomic E-state index is -1.35. The van der Waals surface area contributed by atoms with Gasteiger partial charge in [0.1, 0.15) is 11.3 Å². The molecule has 0 amide bonds. The van der Waals surface area contributed by atoms with E-state index in [1.165, 1.54) is 30.3 Å². The van der Waals surface area contributed by atoms with Crippen LogP contribution in [0.4, 0.5) is 0 Å². The van der Waals surface area contributed by atoms with E-state index in [0.717, 1.165) is 0 Å². The quantitative estimate of drug-likeness (QED) is 0.357. The molecule has 0 aromatic heterocycles. The maximum absolute atomic E-state index is 11.3. The molecule has 1 rings (SSSR count). The molecule has 2 N–H and O–H groups in total. The first-order valence-electron chi connectivity index (χ1n) is 4.95. The summed E-state index contributed by atoms with van der Waals surface area (Å²) < 4.78 is 4.62. The lowest BCUT2D eigenvalue weighted by Crippen LogP contribution is -2.15. The lowest BCUT2D eigenvalue weighted by Gasteiger charge is -2.02. The van der Waals surface area contributed by atoms with E-state index in [1.54, 1.807) is 6.92 Å². The molecule has 1 aromatic rings. The van der Waals surface area contributed by atoms with E-state index in [2.05, 4.69) is 4.74 Å². The number of phenolic OH excluding ortho intramolecular Hbond substituents is 1. The van der Waals surface area contributed by atoms with Gasteiger partial charge >= 0.3 is 11.9 Å². The number of carbonyl (C=O) groups is 2. The van der Waals surface area contributed by atoms with Crippen molar-refractivity contribution in [1.29, 1.82) is 0 Å². The molecule has 0 saturated heterocycles. The zero-order valence-corrected chi connectivity index (χ0v) is 9.21. The van der Waals surface area contributed by atoms with Crippen molar-refractivity contribution in [1.82, 2.24) is 0 Å². The third kappa shape index (κ3) is 3.64. The monoisotopic (exact) mass is 236 g/mol. The van der Waals surface area contributed by atoms with Gasteiger partial charge in [-0.15, -0.1) is 0 Å². The zero-order chi connectivity index (χ0) is 12.8. The van der Waals surface area contributed by atoms with Crippen molar-refractivity contribution < 1.29 is 24.5 Å². The van der Waals surface area contributed by atoms with Crippen molar-refractivity contribution in [2.45, 2.75) is 6.92 Å². The maximum Gasteiger partial charge on any atom is 0.345 e. The molecule has 0 bridgehead atoms. The average Bonchev–Trinajstić information content (AvgIpc) is 2.28. The summed E-state index contributed by atoms with van der Waals surface area (Å²) in [6, 6.07) is 5.79. The Morgan fingerprint density at radius 1 is 1.29 bits per heavy atom. The zero-order valence-electron chi connectivity index (χ0n) is 9.21. The van der Waals surface area contributed by atoms with Crippen molar-refractivity contribution in [3.8, 4) is 5.75 Å². The Kier molecular flexibility index (Phi) is 4.28. The molecule has 5 heteroatoms. The molecule has 0 radical (unpaired) electrons. The summed E-state index contributed by atoms with van der Waals surface area (Å²) in [5.74, 6) is -2.17. The lowest BCUT2D eigenvalue weighted by atomic mass is 10.1. The number of esters is 1. The highest BCUT2D eigenvalue weighted by Gasteiger charge is 2.18. The number of carbonyl (C=O) groups excluding carboxylic acids is 1. The van der Waals surface area contributed by atoms with Crippen molar-refractivity contribution in [2.75, 3.05) is 6.61 Å². The normalized spacial score (nSPS) is 11.0. The molecule has 0 fully saturated rings. The minimum absolute atomic E-state index is 0.0650. The number of phenols is 1. The number of hydrogen-bond donors (Lipinski definition) is 2. The second-order valence-electron chi connectivity index (χ2n) is 3.18. The molecule has 0 aliphatic heterocycles. The number of aliphatic carboxylic acids is 1. The molecule has 90 valence electrons. The van der Waals surface area contributed by atoms with Crippen LogP contribution in [0.3, 0.4) is 0 Å². The summed E-state index contributed by atoms with van der Waals surface area (Å²) in [4.78, 5) is 22.2. The number of carboxylic acid groups (broad SMARTS) is 1. The predicted octanol–water partition coefficient (Wildman–Crippen LogP) is 1.42. The second-order valence-corrected chi connectivity index (χ2v) is 3.18. The highest BCUT2D eigenvalue weighted by molar-refractivity contribution is 6.16. The third-order valence-electron chi connectivity index (χ3n) is 1.93. The van der Waals surface area contributed by atoms with E-state index in [9.17, 15) is 9.59 Å². The summed E-state index contributed by atoms with van der Waals surface area (Å²) in [5.41, 5.74) is 0.0470. The van der Waals surface area contributed by atoms with Gasteiger partial charge < -0.3 is 14.9 Å². The Balaban J connectivity index is 3.02. The van der Waals surface area contributed by atoms with E-state index in [1.807, 2.05) is 0 Å². The Morgan fingerprint density at radius 3 is 2.35 bits per heavy atom. The molecule has 5 nitrogen and oxygen atoms in total. The Bertz CT molecular complexity index is 444. The Hall–Kier alpha value is -2.30. The molecular weight excluding hydrogens is 224 g/mol. The number of benzene rings is 1. The van der Waals surface area contributed by atoms with Gasteiger partial charge in [-0.1, -0.05) is 12.1 Å². The number of aromatic hydroxyl groups is 1. The van der Waals surface area contributed by atoms with Crippen LogP contribution in [0.25, 0.3) is 6.08 Å². The second kappa shape index (κ2) is 5.69. The average molecular weight is 236 g/mol. The van der Waals surface area contributed by atoms with Gasteiger partial charge in [-0.05, 0) is 30.7 Å². The van der Waals surface area contributed by atoms with Gasteiger partial charge in [-0.2, -0.15) is 0 Å². The molecular formula is C12H12O5. The number of ether oxygens (including phenoxy) is 1. The van der Waals surface area contributed by atoms with Crippen LogP contribution in [-0.2, 0) is 14.3 Å². The first-order chi connectivity index (χ1) is 8.04. The Labute approximate surface area is 98.0 Å². The third-order valence-corrected chi connectivity index (χ3v) is 1.93. The molecule has 0 spiro atoms. The summed E-state index contributed by atoms with van der Waals surface area (Å²) in [7, 11) is 0. The smallest absolute Gasteiger partial charge is 0.345 e. The molecule has 17 heavy (non-hydrogen) atoms. The molecule has 0 unspecified atom stereocenters. The summed E-state index contributed by atoms with van der Waals surface area (Å²) in [5, 5.41) is 17.9. The number of hydrogen-bond acceptors (Lipinski definition) is 4. The predicted molar refractivity (Wildman–Crippen MR) is 60.4 cm³/mol. The Morgan fingerprint density at radius 2 is 1.88 bits per heavy atom. The van der Waals surface area contributed by atoms with Gasteiger partial charge in [0.2, 0.25) is 0 Å². The van der Waals surface area contributed by atoms with Crippen LogP contribution in [0.5, 0.6) is 5.75 Å². The first kappa shape index (κ1) is 12.8. The van der Waals surface area contributed by atoms with Crippen LogP contribution in [0, 0.1) is 0 Å². The number of carboxylic acids is 1. The molecule has 0 saturated carbocycles. The summed E-state index contributed by atoms with van der Waals surface area (Å²) in [6.45, 7) is 1.71. The fourth-order valence-corrected chi connectivity index (χ4v) is 1.15. The van der Waals surface area contributed by atoms with Gasteiger partial charge in [0, 0.05) is 0 Å². The van der Waals surface area contributed by atoms with E-state index >= 15 is 0 Å². The van der Waals surface area contributed by atoms with Gasteiger partial charge in [-0.25, -0.2) is 9.59 Å². The molecule has 1 aromatic carbocycles. The maximum atomic E-state index is 11.3. The van der Waals surface area contributed by atoms with Gasteiger partial charge in [0.05, 0.1) is 6.61 Å². The van der Waals surface area contributed by atoms with Crippen LogP contribution in [0.2, 0.25) is 0 Å². The first-order valence-corrected chi connectivity index (χ1v) is 4.95. The van der Waals surface area contributed by atoms with Gasteiger partial charge in [-0.3, -0.25) is 0 Å². The van der Waals surface area contributed by atoms with Crippen molar-refractivity contribution >= 4 is 18.0 Å². The van der Waals surface area contributed by atoms with Crippen LogP contribution < -0.4 is 0 Å². The SMILES string of the molecule is CCOC(=O)C(=Cc1ccc(O)cc1)C(=O)O. The lowest BCUT2D eigenvalue weighted by molar-refractivity contribution is -0.143. The highest BCUT2D eigenvalue weighted by Crippen LogP contribution is 2.13. The van der Waals surface area contributed by atoms with E-state index in [0.29, 0.717) is 5.56 Å². The van der Waals surface area contributed by atoms with Crippen LogP contribution in [0.15, 0.2) is 29.8 Å². The fraction of sp³-hybridized carbons (Fsp3) is 0.167. The van der Waals surface area contributed by atoms with Crippen molar-refractivity contribution in [3.05, 3.63) is 35.4 Å². The van der Waals surface area contributed by atoms with Gasteiger partial charge in [0.25, 0.3) is 0 Å². The van der Waals surface area contributed by atoms with Crippen molar-refractivity contribution in [2.24, 2.45) is 0 Å². The van der Waals surface area contributed by atoms with Crippen molar-refractivity contribution in [3.63, 3.8) is 0 Å². The van der Waals surface area contributed by atoms with Crippen LogP contribution in [-0.4, -0.2) is 28.8 Å². The van der Waals surface area contributed by atoms with Crippen LogP contribution >= 0.6 is 0 Å². The topological polar surface area (TPSA) is 83.8 Å². The van der Waals surface area contributed by atoms with Crippen LogP contribution in [0.1, 0.15) is 12.5 Å². The molecule has 0 heterocycles. The number of rotatable bonds is 4. The van der Waals surface area contributed by atoms with Gasteiger partial charge in [0.15, 0.2) is 0 Å². The summed E-state index contributed by atoms with van der Waals surface area (Å²) in [6.07, 6.45) is 1.19. The van der Waals surface area contributed by atoms with E-state index < -0.39 is 17.5 Å². The molecule has 0 aliphatic carbocycles. The minimum Gasteiger partial charge on any atom is -0.508 e.